The van der Waals surface area contributed by atoms with Crippen molar-refractivity contribution in [2.24, 2.45) is 11.8 Å². The van der Waals surface area contributed by atoms with Crippen LogP contribution in [-0.4, -0.2) is 93.1 Å². The number of rotatable bonds is 12. The zero-order valence-electron chi connectivity index (χ0n) is 35.8. The second kappa shape index (κ2) is 17.5. The lowest BCUT2D eigenvalue weighted by Gasteiger charge is -2.32. The summed E-state index contributed by atoms with van der Waals surface area (Å²) in [5.74, 6) is -1.67. The molecule has 1 unspecified atom stereocenters. The number of benzene rings is 3. The number of methoxy groups -OCH3 is 2. The molecule has 1 saturated heterocycles. The number of aromatic nitrogens is 4. The highest BCUT2D eigenvalue weighted by molar-refractivity contribution is 6.05. The average molecular weight is 841 g/mol. The summed E-state index contributed by atoms with van der Waals surface area (Å²) in [6, 6.07) is 7.71. The summed E-state index contributed by atoms with van der Waals surface area (Å²) in [4.78, 5) is 71.5. The van der Waals surface area contributed by atoms with Crippen LogP contribution < -0.4 is 21.1 Å². The SMILES string of the molecule is CCCN(C(=O)[C@@H](NC(=O)OC)C(C)C)[C@@H](C)c1nc2ccc3c(F)c(C4CC=c5c(ccc6nc([C@@H]7CCCN7C(=O)[C@@H](NC(=O)OC)C(C)C)[nH]c56)=C4F)ccc3c2[nH]1. The Morgan fingerprint density at radius 2 is 1.52 bits per heavy atom. The topological polar surface area (TPSA) is 175 Å². The number of hydrogen-bond donors (Lipinski definition) is 4. The fourth-order valence-corrected chi connectivity index (χ4v) is 8.79. The molecule has 0 spiro atoms. The molecule has 2 aromatic heterocycles. The fraction of sp³-hybridized carbons (Fsp3) is 0.467. The number of aromatic amines is 2. The minimum Gasteiger partial charge on any atom is -0.453 e. The Labute approximate surface area is 352 Å². The Kier molecular flexibility index (Phi) is 12.3. The number of halogens is 2. The second-order valence-electron chi connectivity index (χ2n) is 16.6. The first-order chi connectivity index (χ1) is 29.2. The zero-order valence-corrected chi connectivity index (χ0v) is 35.8. The summed E-state index contributed by atoms with van der Waals surface area (Å²) >= 11 is 0. The smallest absolute Gasteiger partial charge is 0.407 e. The summed E-state index contributed by atoms with van der Waals surface area (Å²) in [6.07, 6.45) is 2.82. The van der Waals surface area contributed by atoms with Crippen LogP contribution in [0.2, 0.25) is 0 Å². The van der Waals surface area contributed by atoms with Crippen molar-refractivity contribution in [1.29, 1.82) is 0 Å². The Balaban J connectivity index is 1.18. The molecule has 4 N–H and O–H groups in total. The van der Waals surface area contributed by atoms with Crippen molar-refractivity contribution in [1.82, 2.24) is 40.4 Å². The minimum atomic E-state index is -0.871. The minimum absolute atomic E-state index is 0.180. The molecule has 3 aromatic carbocycles. The number of nitrogens with one attached hydrogen (secondary N) is 4. The van der Waals surface area contributed by atoms with E-state index in [9.17, 15) is 19.2 Å². The van der Waals surface area contributed by atoms with Gasteiger partial charge in [-0.05, 0) is 74.3 Å². The molecule has 14 nitrogen and oxygen atoms in total. The van der Waals surface area contributed by atoms with Crippen molar-refractivity contribution < 1.29 is 37.4 Å². The molecule has 4 amide bonds. The number of H-pyrrole nitrogens is 2. The van der Waals surface area contributed by atoms with Crippen LogP contribution in [-0.2, 0) is 19.1 Å². The molecule has 1 fully saturated rings. The lowest BCUT2D eigenvalue weighted by atomic mass is 9.87. The average Bonchev–Trinajstić information content (AvgIpc) is 4.02. The predicted molar refractivity (Wildman–Crippen MR) is 228 cm³/mol. The van der Waals surface area contributed by atoms with Crippen molar-refractivity contribution in [3.63, 3.8) is 0 Å². The molecule has 16 heteroatoms. The standard InChI is InChI=1S/C45H54F2N8O6/c1-9-20-54(42(56)36(22(2)3)52-44(58)60-7)24(6)40-48-31-18-16-27-29(38(31)50-40)14-12-25(34(27)46)26-13-15-30-28(35(26)47)17-19-32-39(30)51-41(49-32)33-11-10-21-55(33)43(57)37(23(4)5)53-45(59)61-8/h12,14-19,22-24,26,33,36-37H,9-11,13,20-21H2,1-8H3,(H,48,50)(H,49,51)(H,52,58)(H,53,59)/t24-,26?,33-,36-,37-/m0/s1. The van der Waals surface area contributed by atoms with Gasteiger partial charge in [-0.1, -0.05) is 52.8 Å². The van der Waals surface area contributed by atoms with E-state index < -0.39 is 47.9 Å². The molecule has 1 aliphatic heterocycles. The second-order valence-corrected chi connectivity index (χ2v) is 16.6. The number of hydrogen-bond acceptors (Lipinski definition) is 8. The van der Waals surface area contributed by atoms with E-state index in [0.29, 0.717) is 80.9 Å². The molecule has 0 saturated carbocycles. The Hall–Kier alpha value is -6.06. The molecular formula is C45H54F2N8O6. The number of fused-ring (bicyclic) bond motifs is 6. The van der Waals surface area contributed by atoms with Gasteiger partial charge in [0.15, 0.2) is 0 Å². The van der Waals surface area contributed by atoms with E-state index in [2.05, 4.69) is 20.6 Å². The maximum absolute atomic E-state index is 16.7. The summed E-state index contributed by atoms with van der Waals surface area (Å²) in [5.41, 5.74) is 2.66. The largest absolute Gasteiger partial charge is 0.453 e. The molecule has 324 valence electrons. The van der Waals surface area contributed by atoms with Crippen LogP contribution in [0.4, 0.5) is 18.4 Å². The van der Waals surface area contributed by atoms with Gasteiger partial charge in [0.2, 0.25) is 11.8 Å². The molecule has 3 heterocycles. The van der Waals surface area contributed by atoms with Gasteiger partial charge in [-0.15, -0.1) is 0 Å². The van der Waals surface area contributed by atoms with E-state index in [1.165, 1.54) is 14.2 Å². The highest BCUT2D eigenvalue weighted by Crippen LogP contribution is 2.38. The van der Waals surface area contributed by atoms with Gasteiger partial charge >= 0.3 is 12.2 Å². The quantitative estimate of drug-likeness (QED) is 0.110. The van der Waals surface area contributed by atoms with Crippen LogP contribution in [0, 0.1) is 17.7 Å². The van der Waals surface area contributed by atoms with Gasteiger partial charge in [0.05, 0.1) is 48.4 Å². The fourth-order valence-electron chi connectivity index (χ4n) is 8.79. The van der Waals surface area contributed by atoms with Crippen molar-refractivity contribution in [2.75, 3.05) is 27.3 Å². The van der Waals surface area contributed by atoms with Gasteiger partial charge in [0.25, 0.3) is 0 Å². The number of amides is 4. The maximum Gasteiger partial charge on any atom is 0.407 e. The Morgan fingerprint density at radius 1 is 0.869 bits per heavy atom. The molecule has 1 aliphatic carbocycles. The monoisotopic (exact) mass is 840 g/mol. The first-order valence-corrected chi connectivity index (χ1v) is 21.0. The van der Waals surface area contributed by atoms with Crippen LogP contribution in [0.1, 0.15) is 102 Å². The van der Waals surface area contributed by atoms with E-state index in [1.807, 2.05) is 47.6 Å². The number of nitrogens with zero attached hydrogens (tertiary/aromatic N) is 4. The van der Waals surface area contributed by atoms with Crippen molar-refractivity contribution >= 4 is 68.7 Å². The molecular weight excluding hydrogens is 787 g/mol. The third-order valence-electron chi connectivity index (χ3n) is 12.1. The van der Waals surface area contributed by atoms with E-state index in [0.717, 1.165) is 6.42 Å². The zero-order chi connectivity index (χ0) is 43.9. The van der Waals surface area contributed by atoms with Gasteiger partial charge in [-0.3, -0.25) is 9.59 Å². The Morgan fingerprint density at radius 3 is 2.20 bits per heavy atom. The molecule has 5 aromatic rings. The number of carbonyl (C=O) groups is 4. The van der Waals surface area contributed by atoms with Gasteiger partial charge in [0, 0.05) is 40.2 Å². The highest BCUT2D eigenvalue weighted by Gasteiger charge is 2.38. The van der Waals surface area contributed by atoms with Crippen LogP contribution in [0.15, 0.2) is 36.4 Å². The lowest BCUT2D eigenvalue weighted by Crippen LogP contribution is -2.52. The normalized spacial score (nSPS) is 18.0. The number of alkyl carbamates (subject to hydrolysis) is 2. The van der Waals surface area contributed by atoms with Crippen LogP contribution in [0.25, 0.3) is 44.7 Å². The summed E-state index contributed by atoms with van der Waals surface area (Å²) in [6.45, 7) is 12.1. The van der Waals surface area contributed by atoms with Crippen LogP contribution in [0.3, 0.4) is 0 Å². The molecule has 0 radical (unpaired) electrons. The Bertz CT molecular complexity index is 2640. The first kappa shape index (κ1) is 43.0. The molecule has 61 heavy (non-hydrogen) atoms. The maximum atomic E-state index is 16.7. The van der Waals surface area contributed by atoms with Gasteiger partial charge < -0.3 is 39.9 Å². The van der Waals surface area contributed by atoms with E-state index in [-0.39, 0.29) is 41.7 Å². The van der Waals surface area contributed by atoms with E-state index in [1.54, 1.807) is 46.2 Å². The number of likely N-dealkylation sites (tertiary alicyclic amines) is 1. The third-order valence-corrected chi connectivity index (χ3v) is 12.1. The third kappa shape index (κ3) is 7.99. The summed E-state index contributed by atoms with van der Waals surface area (Å²) < 4.78 is 42.9. The van der Waals surface area contributed by atoms with Gasteiger partial charge in [0.1, 0.15) is 35.4 Å². The first-order valence-electron chi connectivity index (χ1n) is 21.0. The van der Waals surface area contributed by atoms with E-state index >= 15 is 8.78 Å². The van der Waals surface area contributed by atoms with Crippen molar-refractivity contribution in [3.8, 4) is 0 Å². The van der Waals surface area contributed by atoms with Gasteiger partial charge in [-0.2, -0.15) is 0 Å². The van der Waals surface area contributed by atoms with Crippen molar-refractivity contribution in [3.05, 3.63) is 69.9 Å². The van der Waals surface area contributed by atoms with Gasteiger partial charge in [-0.25, -0.2) is 28.3 Å². The highest BCUT2D eigenvalue weighted by atomic mass is 19.1. The van der Waals surface area contributed by atoms with Crippen LogP contribution in [0.5, 0.6) is 0 Å². The summed E-state index contributed by atoms with van der Waals surface area (Å²) in [5, 5.41) is 7.17. The molecule has 7 rings (SSSR count). The van der Waals surface area contributed by atoms with Crippen molar-refractivity contribution in [2.45, 2.75) is 97.3 Å². The molecule has 0 bridgehead atoms. The van der Waals surface area contributed by atoms with Crippen LogP contribution >= 0.6 is 0 Å². The lowest BCUT2D eigenvalue weighted by molar-refractivity contribution is -0.137. The molecule has 2 aliphatic rings. The number of carbonyl (C=O) groups excluding carboxylic acids is 4. The van der Waals surface area contributed by atoms with E-state index in [4.69, 9.17) is 19.4 Å². The number of imidazole rings is 2. The predicted octanol–water partition coefficient (Wildman–Crippen LogP) is 6.50. The molecule has 5 atom stereocenters. The number of ether oxygens (including phenoxy) is 2. The summed E-state index contributed by atoms with van der Waals surface area (Å²) in [7, 11) is 2.50.